The molecule has 0 atom stereocenters. The quantitative estimate of drug-likeness (QED) is 0.819. The van der Waals surface area contributed by atoms with Gasteiger partial charge in [-0.05, 0) is 59.7 Å². The molecule has 1 N–H and O–H groups in total. The first kappa shape index (κ1) is 12.9. The molecule has 1 aromatic heterocycles. The highest BCUT2D eigenvalue weighted by Gasteiger charge is 2.20. The molecule has 3 nitrogen and oxygen atoms in total. The van der Waals surface area contributed by atoms with Crippen molar-refractivity contribution in [1.29, 1.82) is 0 Å². The van der Waals surface area contributed by atoms with Crippen LogP contribution in [0.25, 0.3) is 0 Å². The van der Waals surface area contributed by atoms with Gasteiger partial charge in [-0.25, -0.2) is 4.98 Å². The zero-order valence-electron chi connectivity index (χ0n) is 10.5. The maximum Gasteiger partial charge on any atom is 0.223 e. The Morgan fingerprint density at radius 3 is 2.95 bits per heavy atom. The second-order valence-electron chi connectivity index (χ2n) is 4.68. The Labute approximate surface area is 126 Å². The minimum absolute atomic E-state index is 0.686. The number of halogens is 1. The number of pyridine rings is 1. The van der Waals surface area contributed by atoms with Gasteiger partial charge >= 0.3 is 0 Å². The summed E-state index contributed by atoms with van der Waals surface area (Å²) >= 11 is 2.28. The van der Waals surface area contributed by atoms with Gasteiger partial charge in [0.25, 0.3) is 0 Å². The molecule has 0 amide bonds. The van der Waals surface area contributed by atoms with Crippen LogP contribution in [-0.2, 0) is 6.54 Å². The van der Waals surface area contributed by atoms with E-state index in [1.54, 1.807) is 6.20 Å². The third-order valence-electron chi connectivity index (χ3n) is 3.02. The first-order chi connectivity index (χ1) is 9.31. The fraction of sp³-hybridized carbons (Fsp3) is 0.267. The van der Waals surface area contributed by atoms with Crippen molar-refractivity contribution >= 4 is 22.6 Å². The number of hydrogen-bond donors (Lipinski definition) is 1. The van der Waals surface area contributed by atoms with Gasteiger partial charge in [0, 0.05) is 27.9 Å². The Bertz CT molecular complexity index is 570. The zero-order valence-corrected chi connectivity index (χ0v) is 12.6. The average molecular weight is 366 g/mol. The topological polar surface area (TPSA) is 34.1 Å². The summed E-state index contributed by atoms with van der Waals surface area (Å²) in [6, 6.07) is 12.7. The van der Waals surface area contributed by atoms with Crippen molar-refractivity contribution in [3.63, 3.8) is 0 Å². The van der Waals surface area contributed by atoms with Crippen molar-refractivity contribution in [2.45, 2.75) is 25.4 Å². The summed E-state index contributed by atoms with van der Waals surface area (Å²) in [5.74, 6) is 1.52. The van der Waals surface area contributed by atoms with E-state index < -0.39 is 0 Å². The molecular formula is C15H15IN2O. The Balaban J connectivity index is 1.75. The van der Waals surface area contributed by atoms with Crippen molar-refractivity contribution in [3.8, 4) is 11.6 Å². The summed E-state index contributed by atoms with van der Waals surface area (Å²) in [4.78, 5) is 4.34. The second kappa shape index (κ2) is 5.88. The minimum Gasteiger partial charge on any atom is -0.439 e. The molecule has 0 unspecified atom stereocenters. The van der Waals surface area contributed by atoms with Gasteiger partial charge in [0.1, 0.15) is 5.75 Å². The number of ether oxygens (including phenoxy) is 1. The highest BCUT2D eigenvalue weighted by atomic mass is 127. The molecule has 0 bridgehead atoms. The summed E-state index contributed by atoms with van der Waals surface area (Å²) in [7, 11) is 0. The maximum atomic E-state index is 5.89. The van der Waals surface area contributed by atoms with Crippen LogP contribution in [0.1, 0.15) is 18.4 Å². The fourth-order valence-corrected chi connectivity index (χ4v) is 2.35. The van der Waals surface area contributed by atoms with E-state index in [0.29, 0.717) is 11.9 Å². The molecule has 19 heavy (non-hydrogen) atoms. The highest BCUT2D eigenvalue weighted by molar-refractivity contribution is 14.1. The molecule has 0 saturated heterocycles. The van der Waals surface area contributed by atoms with Gasteiger partial charge in [-0.2, -0.15) is 0 Å². The summed E-state index contributed by atoms with van der Waals surface area (Å²) in [5, 5.41) is 3.49. The lowest BCUT2D eigenvalue weighted by atomic mass is 10.2. The van der Waals surface area contributed by atoms with Crippen LogP contribution in [-0.4, -0.2) is 11.0 Å². The van der Waals surface area contributed by atoms with Crippen molar-refractivity contribution in [2.75, 3.05) is 0 Å². The summed E-state index contributed by atoms with van der Waals surface area (Å²) in [6.07, 6.45) is 4.34. The fourth-order valence-electron chi connectivity index (χ4n) is 1.83. The smallest absolute Gasteiger partial charge is 0.223 e. The van der Waals surface area contributed by atoms with Gasteiger partial charge in [-0.3, -0.25) is 0 Å². The van der Waals surface area contributed by atoms with Crippen molar-refractivity contribution in [1.82, 2.24) is 10.3 Å². The van der Waals surface area contributed by atoms with Gasteiger partial charge in [0.2, 0.25) is 5.88 Å². The molecule has 2 aromatic rings. The summed E-state index contributed by atoms with van der Waals surface area (Å²) < 4.78 is 7.04. The van der Waals surface area contributed by atoms with E-state index in [2.05, 4.69) is 39.0 Å². The normalized spacial score (nSPS) is 14.4. The molecule has 0 radical (unpaired) electrons. The molecule has 4 heteroatoms. The van der Waals surface area contributed by atoms with Crippen LogP contribution in [0.3, 0.4) is 0 Å². The SMILES string of the molecule is Ic1cccc(Oc2ncccc2CNC2CC2)c1. The Morgan fingerprint density at radius 2 is 2.16 bits per heavy atom. The Morgan fingerprint density at radius 1 is 1.26 bits per heavy atom. The molecule has 1 saturated carbocycles. The number of nitrogens with one attached hydrogen (secondary N) is 1. The van der Waals surface area contributed by atoms with E-state index in [0.717, 1.165) is 21.4 Å². The lowest BCUT2D eigenvalue weighted by Crippen LogP contribution is -2.16. The predicted octanol–water partition coefficient (Wildman–Crippen LogP) is 3.73. The van der Waals surface area contributed by atoms with Gasteiger partial charge in [0.15, 0.2) is 0 Å². The van der Waals surface area contributed by atoms with Crippen LogP contribution in [0.4, 0.5) is 0 Å². The van der Waals surface area contributed by atoms with E-state index in [1.165, 1.54) is 12.8 Å². The molecule has 1 heterocycles. The second-order valence-corrected chi connectivity index (χ2v) is 5.93. The van der Waals surface area contributed by atoms with Crippen LogP contribution in [0.15, 0.2) is 42.6 Å². The zero-order chi connectivity index (χ0) is 13.1. The number of nitrogens with zero attached hydrogens (tertiary/aromatic N) is 1. The van der Waals surface area contributed by atoms with E-state index in [4.69, 9.17) is 4.74 Å². The molecule has 1 aliphatic carbocycles. The lowest BCUT2D eigenvalue weighted by molar-refractivity contribution is 0.452. The van der Waals surface area contributed by atoms with Crippen molar-refractivity contribution < 1.29 is 4.74 Å². The summed E-state index contributed by atoms with van der Waals surface area (Å²) in [5.41, 5.74) is 1.10. The van der Waals surface area contributed by atoms with Crippen LogP contribution < -0.4 is 10.1 Å². The van der Waals surface area contributed by atoms with Crippen molar-refractivity contribution in [3.05, 3.63) is 51.7 Å². The van der Waals surface area contributed by atoms with E-state index in [9.17, 15) is 0 Å². The third-order valence-corrected chi connectivity index (χ3v) is 3.69. The predicted molar refractivity (Wildman–Crippen MR) is 83.3 cm³/mol. The minimum atomic E-state index is 0.686. The standard InChI is InChI=1S/C15H15IN2O/c16-12-4-1-5-14(9-12)19-15-11(3-2-8-17-15)10-18-13-6-7-13/h1-5,8-9,13,18H,6-7,10H2. The number of hydrogen-bond acceptors (Lipinski definition) is 3. The average Bonchev–Trinajstić information content (AvgIpc) is 3.22. The van der Waals surface area contributed by atoms with Gasteiger partial charge in [0.05, 0.1) is 0 Å². The number of benzene rings is 1. The lowest BCUT2D eigenvalue weighted by Gasteiger charge is -2.10. The van der Waals surface area contributed by atoms with Crippen LogP contribution >= 0.6 is 22.6 Å². The summed E-state index contributed by atoms with van der Waals surface area (Å²) in [6.45, 7) is 0.817. The maximum absolute atomic E-state index is 5.89. The van der Waals surface area contributed by atoms with Gasteiger partial charge in [-0.15, -0.1) is 0 Å². The van der Waals surface area contributed by atoms with Gasteiger partial charge in [-0.1, -0.05) is 12.1 Å². The van der Waals surface area contributed by atoms with Crippen LogP contribution in [0, 0.1) is 3.57 Å². The monoisotopic (exact) mass is 366 g/mol. The Kier molecular flexibility index (Phi) is 3.98. The largest absolute Gasteiger partial charge is 0.439 e. The van der Waals surface area contributed by atoms with Gasteiger partial charge < -0.3 is 10.1 Å². The first-order valence-electron chi connectivity index (χ1n) is 6.42. The highest BCUT2D eigenvalue weighted by Crippen LogP contribution is 2.25. The molecule has 0 spiro atoms. The molecule has 1 aliphatic rings. The van der Waals surface area contributed by atoms with E-state index in [1.807, 2.05) is 30.3 Å². The van der Waals surface area contributed by atoms with Crippen LogP contribution in [0.5, 0.6) is 11.6 Å². The number of aromatic nitrogens is 1. The van der Waals surface area contributed by atoms with E-state index >= 15 is 0 Å². The first-order valence-corrected chi connectivity index (χ1v) is 7.50. The molecule has 1 fully saturated rings. The number of rotatable bonds is 5. The van der Waals surface area contributed by atoms with Crippen LogP contribution in [0.2, 0.25) is 0 Å². The molecule has 1 aromatic carbocycles. The molecule has 98 valence electrons. The third kappa shape index (κ3) is 3.67. The molecule has 0 aliphatic heterocycles. The van der Waals surface area contributed by atoms with E-state index in [-0.39, 0.29) is 0 Å². The molecule has 3 rings (SSSR count). The van der Waals surface area contributed by atoms with Crippen molar-refractivity contribution in [2.24, 2.45) is 0 Å². The Hall–Kier alpha value is -1.14. The molecular weight excluding hydrogens is 351 g/mol.